The molecule has 1 aliphatic carbocycles. The molecule has 0 radical (unpaired) electrons. The third-order valence-electron chi connectivity index (χ3n) is 3.33. The molecule has 88 valence electrons. The highest BCUT2D eigenvalue weighted by atomic mass is 19.2. The van der Waals surface area contributed by atoms with Gasteiger partial charge < -0.3 is 10.6 Å². The van der Waals surface area contributed by atoms with Gasteiger partial charge in [0.2, 0.25) is 0 Å². The molecule has 0 saturated heterocycles. The van der Waals surface area contributed by atoms with Crippen LogP contribution < -0.4 is 10.6 Å². The van der Waals surface area contributed by atoms with Crippen molar-refractivity contribution in [3.63, 3.8) is 0 Å². The van der Waals surface area contributed by atoms with Crippen LogP contribution in [0.25, 0.3) is 0 Å². The molecule has 1 fully saturated rings. The van der Waals surface area contributed by atoms with Gasteiger partial charge in [0.25, 0.3) is 0 Å². The fraction of sp³-hybridized carbons (Fsp3) is 0.500. The molecule has 2 nitrogen and oxygen atoms in total. The number of halogens is 2. The van der Waals surface area contributed by atoms with Crippen LogP contribution in [0.5, 0.6) is 0 Å². The second kappa shape index (κ2) is 3.70. The molecule has 0 unspecified atom stereocenters. The predicted octanol–water partition coefficient (Wildman–Crippen LogP) is 2.02. The Kier molecular flexibility index (Phi) is 2.62. The van der Waals surface area contributed by atoms with Crippen LogP contribution in [0.4, 0.5) is 14.5 Å². The van der Waals surface area contributed by atoms with E-state index in [4.69, 9.17) is 5.73 Å². The Morgan fingerprint density at radius 2 is 1.94 bits per heavy atom. The first-order valence-corrected chi connectivity index (χ1v) is 5.38. The van der Waals surface area contributed by atoms with E-state index in [9.17, 15) is 8.78 Å². The topological polar surface area (TPSA) is 29.3 Å². The number of benzene rings is 1. The van der Waals surface area contributed by atoms with Crippen molar-refractivity contribution < 1.29 is 8.78 Å². The summed E-state index contributed by atoms with van der Waals surface area (Å²) in [6.45, 7) is 0.485. The molecule has 2 N–H and O–H groups in total. The minimum absolute atomic E-state index is 0.131. The lowest BCUT2D eigenvalue weighted by Gasteiger charge is -2.23. The predicted molar refractivity (Wildman–Crippen MR) is 60.7 cm³/mol. The lowest BCUT2D eigenvalue weighted by Crippen LogP contribution is -2.24. The van der Waals surface area contributed by atoms with Crippen molar-refractivity contribution in [2.75, 3.05) is 25.5 Å². The van der Waals surface area contributed by atoms with Crippen molar-refractivity contribution in [1.82, 2.24) is 0 Å². The highest BCUT2D eigenvalue weighted by Crippen LogP contribution is 2.50. The van der Waals surface area contributed by atoms with Gasteiger partial charge in [0.1, 0.15) is 0 Å². The molecular formula is C12H16F2N2. The molecule has 1 aromatic carbocycles. The molecule has 0 bridgehead atoms. The molecule has 1 saturated carbocycles. The molecule has 0 spiro atoms. The van der Waals surface area contributed by atoms with Crippen LogP contribution in [0.3, 0.4) is 0 Å². The molecule has 1 aromatic rings. The van der Waals surface area contributed by atoms with E-state index in [2.05, 4.69) is 0 Å². The quantitative estimate of drug-likeness (QED) is 0.854. The summed E-state index contributed by atoms with van der Waals surface area (Å²) in [5.41, 5.74) is 6.76. The summed E-state index contributed by atoms with van der Waals surface area (Å²) >= 11 is 0. The summed E-state index contributed by atoms with van der Waals surface area (Å²) in [7, 11) is 3.43. The highest BCUT2D eigenvalue weighted by molar-refractivity contribution is 5.59. The Balaban J connectivity index is 2.57. The Bertz CT molecular complexity index is 412. The van der Waals surface area contributed by atoms with Crippen molar-refractivity contribution in [2.24, 2.45) is 5.73 Å². The molecule has 0 amide bonds. The first-order valence-electron chi connectivity index (χ1n) is 5.38. The van der Waals surface area contributed by atoms with E-state index in [1.807, 2.05) is 0 Å². The van der Waals surface area contributed by atoms with Crippen LogP contribution in [0, 0.1) is 11.6 Å². The maximum absolute atomic E-state index is 13.7. The Morgan fingerprint density at radius 1 is 1.31 bits per heavy atom. The van der Waals surface area contributed by atoms with E-state index in [0.717, 1.165) is 18.4 Å². The number of rotatable bonds is 3. The normalized spacial score (nSPS) is 17.3. The summed E-state index contributed by atoms with van der Waals surface area (Å²) in [5, 5.41) is 0. The minimum Gasteiger partial charge on any atom is -0.375 e. The molecule has 0 aliphatic heterocycles. The molecule has 0 aromatic heterocycles. The zero-order valence-electron chi connectivity index (χ0n) is 9.56. The second-order valence-corrected chi connectivity index (χ2v) is 4.64. The number of nitrogens with two attached hydrogens (primary N) is 1. The van der Waals surface area contributed by atoms with Gasteiger partial charge in [-0.25, -0.2) is 8.78 Å². The smallest absolute Gasteiger partial charge is 0.182 e. The minimum atomic E-state index is -0.805. The maximum Gasteiger partial charge on any atom is 0.182 e. The van der Waals surface area contributed by atoms with E-state index in [1.165, 1.54) is 6.07 Å². The first-order chi connectivity index (χ1) is 7.52. The molecule has 0 heterocycles. The Labute approximate surface area is 94.0 Å². The fourth-order valence-electron chi connectivity index (χ4n) is 2.14. The van der Waals surface area contributed by atoms with E-state index < -0.39 is 11.6 Å². The Morgan fingerprint density at radius 3 is 2.38 bits per heavy atom. The lowest BCUT2D eigenvalue weighted by atomic mass is 9.93. The third-order valence-corrected chi connectivity index (χ3v) is 3.33. The average Bonchev–Trinajstić information content (AvgIpc) is 3.02. The van der Waals surface area contributed by atoms with Crippen LogP contribution in [-0.2, 0) is 5.41 Å². The van der Waals surface area contributed by atoms with Gasteiger partial charge in [-0.1, -0.05) is 6.07 Å². The van der Waals surface area contributed by atoms with E-state index in [1.54, 1.807) is 25.1 Å². The van der Waals surface area contributed by atoms with Gasteiger partial charge in [0, 0.05) is 26.1 Å². The highest BCUT2D eigenvalue weighted by Gasteiger charge is 2.45. The monoisotopic (exact) mass is 226 g/mol. The lowest BCUT2D eigenvalue weighted by molar-refractivity contribution is 0.504. The van der Waals surface area contributed by atoms with Gasteiger partial charge >= 0.3 is 0 Å². The van der Waals surface area contributed by atoms with Crippen LogP contribution >= 0.6 is 0 Å². The van der Waals surface area contributed by atoms with Crippen LogP contribution in [0.2, 0.25) is 0 Å². The SMILES string of the molecule is CN(C)c1c(C2(CN)CC2)ccc(F)c1F. The van der Waals surface area contributed by atoms with Gasteiger partial charge in [-0.2, -0.15) is 0 Å². The van der Waals surface area contributed by atoms with Crippen molar-refractivity contribution in [3.05, 3.63) is 29.3 Å². The first kappa shape index (κ1) is 11.3. The van der Waals surface area contributed by atoms with Gasteiger partial charge in [-0.05, 0) is 24.5 Å². The molecule has 16 heavy (non-hydrogen) atoms. The molecule has 0 atom stereocenters. The zero-order valence-corrected chi connectivity index (χ0v) is 9.56. The van der Waals surface area contributed by atoms with Gasteiger partial charge in [-0.3, -0.25) is 0 Å². The molecule has 4 heteroatoms. The van der Waals surface area contributed by atoms with Crippen molar-refractivity contribution >= 4 is 5.69 Å². The van der Waals surface area contributed by atoms with Crippen LogP contribution in [0.1, 0.15) is 18.4 Å². The average molecular weight is 226 g/mol. The zero-order chi connectivity index (χ0) is 11.9. The van der Waals surface area contributed by atoms with Crippen molar-refractivity contribution in [2.45, 2.75) is 18.3 Å². The number of nitrogens with zero attached hydrogens (tertiary/aromatic N) is 1. The Hall–Kier alpha value is -1.16. The number of anilines is 1. The fourth-order valence-corrected chi connectivity index (χ4v) is 2.14. The third kappa shape index (κ3) is 1.57. The van der Waals surface area contributed by atoms with E-state index >= 15 is 0 Å². The molecule has 1 aliphatic rings. The standard InChI is InChI=1S/C12H16F2N2/c1-16(2)11-8(12(7-15)5-6-12)3-4-9(13)10(11)14/h3-4H,5-7,15H2,1-2H3. The largest absolute Gasteiger partial charge is 0.375 e. The number of hydrogen-bond donors (Lipinski definition) is 1. The van der Waals surface area contributed by atoms with Crippen molar-refractivity contribution in [3.8, 4) is 0 Å². The summed E-state index contributed by atoms with van der Waals surface area (Å²) < 4.78 is 26.9. The van der Waals surface area contributed by atoms with Gasteiger partial charge in [-0.15, -0.1) is 0 Å². The second-order valence-electron chi connectivity index (χ2n) is 4.64. The van der Waals surface area contributed by atoms with Crippen molar-refractivity contribution in [1.29, 1.82) is 0 Å². The molecular weight excluding hydrogens is 210 g/mol. The van der Waals surface area contributed by atoms with Crippen LogP contribution in [0.15, 0.2) is 12.1 Å². The maximum atomic E-state index is 13.7. The van der Waals surface area contributed by atoms with Crippen LogP contribution in [-0.4, -0.2) is 20.6 Å². The summed E-state index contributed by atoms with van der Waals surface area (Å²) in [6.07, 6.45) is 1.91. The summed E-state index contributed by atoms with van der Waals surface area (Å²) in [6, 6.07) is 2.85. The van der Waals surface area contributed by atoms with E-state index in [-0.39, 0.29) is 5.41 Å². The number of hydrogen-bond acceptors (Lipinski definition) is 2. The van der Waals surface area contributed by atoms with E-state index in [0.29, 0.717) is 12.2 Å². The summed E-state index contributed by atoms with van der Waals surface area (Å²) in [5.74, 6) is -1.58. The van der Waals surface area contributed by atoms with Gasteiger partial charge in [0.05, 0.1) is 5.69 Å². The molecule has 2 rings (SSSR count). The summed E-state index contributed by atoms with van der Waals surface area (Å²) in [4.78, 5) is 1.61. The van der Waals surface area contributed by atoms with Gasteiger partial charge in [0.15, 0.2) is 11.6 Å².